The van der Waals surface area contributed by atoms with E-state index >= 15 is 0 Å². The van der Waals surface area contributed by atoms with Crippen LogP contribution in [0.2, 0.25) is 0 Å². The molecule has 0 aliphatic heterocycles. The van der Waals surface area contributed by atoms with Gasteiger partial charge < -0.3 is 15.3 Å². The minimum absolute atomic E-state index is 0.156. The van der Waals surface area contributed by atoms with E-state index in [4.69, 9.17) is 10.2 Å². The quantitative estimate of drug-likeness (QED) is 0.236. The molecule has 0 aliphatic carbocycles. The van der Waals surface area contributed by atoms with Crippen molar-refractivity contribution in [1.29, 1.82) is 0 Å². The predicted molar refractivity (Wildman–Crippen MR) is 104 cm³/mol. The van der Waals surface area contributed by atoms with Gasteiger partial charge in [-0.3, -0.25) is 4.79 Å². The lowest BCUT2D eigenvalue weighted by Gasteiger charge is -2.16. The molecule has 0 heterocycles. The Hall–Kier alpha value is -0.870. The summed E-state index contributed by atoms with van der Waals surface area (Å²) in [6.45, 7) is 2.06. The summed E-state index contributed by atoms with van der Waals surface area (Å²) in [7, 11) is 0. The number of aliphatic hydroxyl groups is 2. The summed E-state index contributed by atoms with van der Waals surface area (Å²) in [6, 6.07) is 0. The van der Waals surface area contributed by atoms with E-state index in [0.29, 0.717) is 12.3 Å². The highest BCUT2D eigenvalue weighted by Gasteiger charge is 2.11. The molecule has 2 atom stereocenters. The third-order valence-electron chi connectivity index (χ3n) is 4.63. The molecule has 25 heavy (non-hydrogen) atoms. The molecular weight excluding hydrogens is 316 g/mol. The van der Waals surface area contributed by atoms with Crippen molar-refractivity contribution in [2.45, 2.75) is 103 Å². The Kier molecular flexibility index (Phi) is 17.3. The van der Waals surface area contributed by atoms with Gasteiger partial charge in [-0.1, -0.05) is 70.4 Å². The average Bonchev–Trinajstić information content (AvgIpc) is 2.59. The number of hydrogen-bond donors (Lipinski definition) is 3. The van der Waals surface area contributed by atoms with Gasteiger partial charge in [-0.15, -0.1) is 0 Å². The third-order valence-corrected chi connectivity index (χ3v) is 4.63. The molecule has 0 aromatic heterocycles. The summed E-state index contributed by atoms with van der Waals surface area (Å²) in [5.74, 6) is -0.340. The first-order valence-electron chi connectivity index (χ1n) is 10.3. The number of carbonyl (C=O) groups is 1. The molecule has 0 aromatic carbocycles. The molecule has 148 valence electrons. The van der Waals surface area contributed by atoms with Crippen molar-refractivity contribution in [3.05, 3.63) is 12.2 Å². The zero-order valence-corrected chi connectivity index (χ0v) is 16.2. The molecule has 4 heteroatoms. The fourth-order valence-electron chi connectivity index (χ4n) is 3.08. The largest absolute Gasteiger partial charge is 0.481 e. The Morgan fingerprint density at radius 3 is 2.28 bits per heavy atom. The molecule has 0 bridgehead atoms. The highest BCUT2D eigenvalue weighted by atomic mass is 16.4. The van der Waals surface area contributed by atoms with Crippen LogP contribution in [0, 0.1) is 5.92 Å². The van der Waals surface area contributed by atoms with E-state index in [2.05, 4.69) is 19.1 Å². The van der Waals surface area contributed by atoms with E-state index in [1.54, 1.807) is 0 Å². The molecule has 0 spiro atoms. The van der Waals surface area contributed by atoms with Crippen molar-refractivity contribution in [1.82, 2.24) is 0 Å². The molecule has 2 unspecified atom stereocenters. The van der Waals surface area contributed by atoms with Crippen LogP contribution in [-0.4, -0.2) is 34.0 Å². The third kappa shape index (κ3) is 17.7. The first kappa shape index (κ1) is 24.1. The summed E-state index contributed by atoms with van der Waals surface area (Å²) >= 11 is 0. The summed E-state index contributed by atoms with van der Waals surface area (Å²) in [5.41, 5.74) is 0. The average molecular weight is 357 g/mol. The first-order chi connectivity index (χ1) is 12.1. The van der Waals surface area contributed by atoms with Gasteiger partial charge in [0, 0.05) is 6.42 Å². The number of aliphatic hydroxyl groups excluding tert-OH is 2. The summed E-state index contributed by atoms with van der Waals surface area (Å²) in [6.07, 6.45) is 18.3. The molecule has 0 radical (unpaired) electrons. The van der Waals surface area contributed by atoms with Gasteiger partial charge in [0.2, 0.25) is 0 Å². The van der Waals surface area contributed by atoms with Gasteiger partial charge in [0.25, 0.3) is 0 Å². The van der Waals surface area contributed by atoms with Crippen LogP contribution in [0.1, 0.15) is 96.8 Å². The maximum atomic E-state index is 10.4. The molecule has 0 fully saturated rings. The maximum Gasteiger partial charge on any atom is 0.303 e. The number of allylic oxidation sites excluding steroid dienone is 2. The lowest BCUT2D eigenvalue weighted by Crippen LogP contribution is -2.16. The topological polar surface area (TPSA) is 77.8 Å². The second kappa shape index (κ2) is 17.9. The number of carboxylic acids is 1. The van der Waals surface area contributed by atoms with Crippen molar-refractivity contribution in [2.75, 3.05) is 6.61 Å². The van der Waals surface area contributed by atoms with Gasteiger partial charge in [-0.2, -0.15) is 0 Å². The van der Waals surface area contributed by atoms with E-state index in [1.807, 2.05) is 0 Å². The molecular formula is C21H40O4. The van der Waals surface area contributed by atoms with Gasteiger partial charge in [0.15, 0.2) is 0 Å². The van der Waals surface area contributed by atoms with Crippen LogP contribution in [0.25, 0.3) is 0 Å². The Balaban J connectivity index is 3.85. The van der Waals surface area contributed by atoms with Crippen LogP contribution in [0.15, 0.2) is 12.2 Å². The fraction of sp³-hybridized carbons (Fsp3) is 0.857. The Morgan fingerprint density at radius 2 is 1.60 bits per heavy atom. The first-order valence-corrected chi connectivity index (χ1v) is 10.3. The molecule has 3 N–H and O–H groups in total. The highest BCUT2D eigenvalue weighted by molar-refractivity contribution is 5.66. The van der Waals surface area contributed by atoms with E-state index < -0.39 is 12.1 Å². The van der Waals surface area contributed by atoms with Crippen molar-refractivity contribution in [3.8, 4) is 0 Å². The molecule has 0 rings (SSSR count). The van der Waals surface area contributed by atoms with Gasteiger partial charge in [-0.05, 0) is 38.0 Å². The fourth-order valence-corrected chi connectivity index (χ4v) is 3.08. The monoisotopic (exact) mass is 356 g/mol. The smallest absolute Gasteiger partial charge is 0.303 e. The Morgan fingerprint density at radius 1 is 0.960 bits per heavy atom. The van der Waals surface area contributed by atoms with E-state index in [0.717, 1.165) is 44.9 Å². The van der Waals surface area contributed by atoms with Gasteiger partial charge in [0.05, 0.1) is 12.7 Å². The Labute approximate surface area is 154 Å². The van der Waals surface area contributed by atoms with Crippen LogP contribution >= 0.6 is 0 Å². The summed E-state index contributed by atoms with van der Waals surface area (Å²) in [5, 5.41) is 27.3. The van der Waals surface area contributed by atoms with E-state index in [1.165, 1.54) is 32.1 Å². The maximum absolute atomic E-state index is 10.4. The minimum Gasteiger partial charge on any atom is -0.481 e. The molecule has 0 aromatic rings. The van der Waals surface area contributed by atoms with Gasteiger partial charge in [-0.25, -0.2) is 0 Å². The lowest BCUT2D eigenvalue weighted by atomic mass is 9.94. The Bertz CT molecular complexity index is 328. The second-order valence-electron chi connectivity index (χ2n) is 7.16. The standard InChI is InChI=1S/C21H40O4/c1-2-3-4-8-11-14-19(17-20(23)18-22)15-12-9-6-5-7-10-13-16-21(24)25/h12,15,19-20,22-23H,2-11,13-14,16-18H2,1H3,(H,24,25)/b15-12-. The molecule has 0 amide bonds. The molecule has 0 aliphatic rings. The van der Waals surface area contributed by atoms with Gasteiger partial charge in [0.1, 0.15) is 0 Å². The second-order valence-corrected chi connectivity index (χ2v) is 7.16. The number of aliphatic carboxylic acids is 1. The predicted octanol–water partition coefficient (Wildman–Crippen LogP) is 5.08. The molecule has 4 nitrogen and oxygen atoms in total. The lowest BCUT2D eigenvalue weighted by molar-refractivity contribution is -0.137. The van der Waals surface area contributed by atoms with E-state index in [-0.39, 0.29) is 13.0 Å². The van der Waals surface area contributed by atoms with Crippen molar-refractivity contribution in [3.63, 3.8) is 0 Å². The number of hydrogen-bond acceptors (Lipinski definition) is 3. The highest BCUT2D eigenvalue weighted by Crippen LogP contribution is 2.19. The normalized spacial score (nSPS) is 14.0. The van der Waals surface area contributed by atoms with Crippen LogP contribution in [0.3, 0.4) is 0 Å². The SMILES string of the molecule is CCCCCCCC(/C=C\CCCCCCCC(=O)O)CC(O)CO. The zero-order chi connectivity index (χ0) is 18.8. The van der Waals surface area contributed by atoms with Crippen molar-refractivity contribution >= 4 is 5.97 Å². The number of unbranched alkanes of at least 4 members (excludes halogenated alkanes) is 9. The summed E-state index contributed by atoms with van der Waals surface area (Å²) < 4.78 is 0. The number of carboxylic acid groups (broad SMARTS) is 1. The van der Waals surface area contributed by atoms with Crippen LogP contribution in [-0.2, 0) is 4.79 Å². The molecule has 0 saturated heterocycles. The van der Waals surface area contributed by atoms with Crippen LogP contribution < -0.4 is 0 Å². The van der Waals surface area contributed by atoms with Crippen molar-refractivity contribution in [2.24, 2.45) is 5.92 Å². The number of rotatable bonds is 18. The van der Waals surface area contributed by atoms with Gasteiger partial charge >= 0.3 is 5.97 Å². The molecule has 0 saturated carbocycles. The summed E-state index contributed by atoms with van der Waals surface area (Å²) in [4.78, 5) is 10.4. The van der Waals surface area contributed by atoms with Crippen LogP contribution in [0.5, 0.6) is 0 Å². The minimum atomic E-state index is -0.700. The van der Waals surface area contributed by atoms with Crippen LogP contribution in [0.4, 0.5) is 0 Å². The van der Waals surface area contributed by atoms with Crippen molar-refractivity contribution < 1.29 is 20.1 Å². The van der Waals surface area contributed by atoms with E-state index in [9.17, 15) is 9.90 Å². The zero-order valence-electron chi connectivity index (χ0n) is 16.2.